The van der Waals surface area contributed by atoms with E-state index >= 15 is 0 Å². The number of nitrogens with one attached hydrogen (secondary N) is 2. The second-order valence-corrected chi connectivity index (χ2v) is 7.86. The minimum absolute atomic E-state index is 0.699. The summed E-state index contributed by atoms with van der Waals surface area (Å²) in [6.07, 6.45) is 12.7. The molecule has 4 aromatic heterocycles. The molecule has 0 radical (unpaired) electrons. The van der Waals surface area contributed by atoms with Crippen molar-refractivity contribution in [3.63, 3.8) is 0 Å². The lowest BCUT2D eigenvalue weighted by molar-refractivity contribution is 0.918. The van der Waals surface area contributed by atoms with E-state index in [9.17, 15) is 0 Å². The van der Waals surface area contributed by atoms with Crippen LogP contribution < -0.4 is 0 Å². The van der Waals surface area contributed by atoms with Crippen LogP contribution in [0.1, 0.15) is 18.1 Å². The average molecular weight is 445 g/mol. The maximum absolute atomic E-state index is 4.70. The highest BCUT2D eigenvalue weighted by atomic mass is 14.9. The van der Waals surface area contributed by atoms with Crippen LogP contribution in [0.3, 0.4) is 0 Å². The zero-order chi connectivity index (χ0) is 22.7. The molecule has 0 fully saturated rings. The van der Waals surface area contributed by atoms with Crippen molar-refractivity contribution >= 4 is 28.1 Å². The average Bonchev–Trinajstić information content (AvgIpc) is 3.50. The number of aryl methyl sites for hydroxylation is 1. The quantitative estimate of drug-likeness (QED) is 0.374. The summed E-state index contributed by atoms with van der Waals surface area (Å²) in [6, 6.07) is 15.7. The van der Waals surface area contributed by atoms with Crippen LogP contribution in [0.2, 0.25) is 0 Å². The number of nitrogens with zero attached hydrogens (tertiary/aromatic N) is 6. The Labute approximate surface area is 194 Å². The summed E-state index contributed by atoms with van der Waals surface area (Å²) < 4.78 is 0. The fraction of sp³-hybridized carbons (Fsp3) is 0.0769. The lowest BCUT2D eigenvalue weighted by Crippen LogP contribution is -1.86. The topological polar surface area (TPSA) is 109 Å². The number of imidazole rings is 2. The highest BCUT2D eigenvalue weighted by Gasteiger charge is 2.07. The summed E-state index contributed by atoms with van der Waals surface area (Å²) in [5.41, 5.74) is 5.72. The van der Waals surface area contributed by atoms with E-state index in [0.29, 0.717) is 11.6 Å². The molecule has 8 nitrogen and oxygen atoms in total. The van der Waals surface area contributed by atoms with E-state index in [0.717, 1.165) is 57.7 Å². The Morgan fingerprint density at radius 1 is 0.676 bits per heavy atom. The molecule has 0 saturated heterocycles. The molecule has 0 bridgehead atoms. The van der Waals surface area contributed by atoms with Gasteiger partial charge in [-0.05, 0) is 61.0 Å². The standard InChI is InChI=1S/C26H20N8/c1(5-23-31-19-9-7-17(15-21(19)33-23)25-27-11-3-12-28-25)2-6-24-32-20-10-8-18(16-22(20)34-24)26-29-13-4-14-30-26/h1,3-5,7-16H,2,6H2,(H,31,33)(H,32,34). The van der Waals surface area contributed by atoms with Crippen molar-refractivity contribution in [2.75, 3.05) is 0 Å². The molecule has 2 N–H and O–H groups in total. The third-order valence-electron chi connectivity index (χ3n) is 5.50. The fourth-order valence-electron chi connectivity index (χ4n) is 3.88. The van der Waals surface area contributed by atoms with E-state index in [4.69, 9.17) is 4.98 Å². The van der Waals surface area contributed by atoms with Gasteiger partial charge in [0.05, 0.1) is 22.1 Å². The van der Waals surface area contributed by atoms with Crippen LogP contribution in [-0.4, -0.2) is 39.9 Å². The molecule has 2 aromatic carbocycles. The highest BCUT2D eigenvalue weighted by molar-refractivity contribution is 5.82. The van der Waals surface area contributed by atoms with E-state index in [1.54, 1.807) is 24.8 Å². The number of aromatic amines is 2. The molecule has 0 aliphatic rings. The van der Waals surface area contributed by atoms with Crippen LogP contribution in [0.4, 0.5) is 0 Å². The number of rotatable bonds is 6. The van der Waals surface area contributed by atoms with Crippen molar-refractivity contribution in [2.45, 2.75) is 12.8 Å². The molecule has 0 aliphatic heterocycles. The van der Waals surface area contributed by atoms with Gasteiger partial charge in [0.2, 0.25) is 0 Å². The van der Waals surface area contributed by atoms with Gasteiger partial charge in [0.15, 0.2) is 11.6 Å². The Bertz CT molecular complexity index is 1600. The Hall–Kier alpha value is -4.72. The number of H-pyrrole nitrogens is 2. The molecule has 0 aliphatic carbocycles. The summed E-state index contributed by atoms with van der Waals surface area (Å²) >= 11 is 0. The number of hydrogen-bond acceptors (Lipinski definition) is 6. The molecule has 6 aromatic rings. The van der Waals surface area contributed by atoms with Crippen molar-refractivity contribution in [1.82, 2.24) is 39.9 Å². The van der Waals surface area contributed by atoms with Gasteiger partial charge in [-0.15, -0.1) is 0 Å². The van der Waals surface area contributed by atoms with E-state index in [1.807, 2.05) is 54.6 Å². The Kier molecular flexibility index (Phi) is 5.08. The first-order chi connectivity index (χ1) is 16.8. The smallest absolute Gasteiger partial charge is 0.159 e. The third kappa shape index (κ3) is 4.04. The molecule has 0 atom stereocenters. The predicted octanol–water partition coefficient (Wildman–Crippen LogP) is 5.00. The number of allylic oxidation sites excluding steroid dienone is 1. The van der Waals surface area contributed by atoms with Crippen molar-refractivity contribution in [3.05, 3.63) is 91.0 Å². The zero-order valence-electron chi connectivity index (χ0n) is 18.2. The molecule has 4 heterocycles. The van der Waals surface area contributed by atoms with Crippen LogP contribution in [-0.2, 0) is 6.42 Å². The second kappa shape index (κ2) is 8.67. The van der Waals surface area contributed by atoms with Gasteiger partial charge in [-0.2, -0.15) is 0 Å². The van der Waals surface area contributed by atoms with Gasteiger partial charge in [0.1, 0.15) is 11.6 Å². The van der Waals surface area contributed by atoms with Crippen LogP contribution in [0, 0.1) is 0 Å². The first-order valence-corrected chi connectivity index (χ1v) is 11.0. The molecule has 0 unspecified atom stereocenters. The molecular weight excluding hydrogens is 424 g/mol. The monoisotopic (exact) mass is 444 g/mol. The Morgan fingerprint density at radius 2 is 1.26 bits per heavy atom. The maximum Gasteiger partial charge on any atom is 0.159 e. The molecular formula is C26H20N8. The van der Waals surface area contributed by atoms with Gasteiger partial charge in [-0.3, -0.25) is 0 Å². The normalized spacial score (nSPS) is 11.6. The number of aromatic nitrogens is 8. The van der Waals surface area contributed by atoms with Crippen molar-refractivity contribution in [2.24, 2.45) is 0 Å². The van der Waals surface area contributed by atoms with Gasteiger partial charge < -0.3 is 9.97 Å². The van der Waals surface area contributed by atoms with Gasteiger partial charge in [-0.1, -0.05) is 6.08 Å². The SMILES string of the molecule is C(=Cc1nc2ccc(-c3ncccn3)cc2[nH]1)CCc1nc2ccc(-c3ncccn3)cc2[nH]1. The summed E-state index contributed by atoms with van der Waals surface area (Å²) in [5, 5.41) is 0. The number of fused-ring (bicyclic) bond motifs is 2. The minimum atomic E-state index is 0.699. The molecule has 0 saturated carbocycles. The molecule has 8 heteroatoms. The van der Waals surface area contributed by atoms with Crippen molar-refractivity contribution in [3.8, 4) is 22.8 Å². The first-order valence-electron chi connectivity index (χ1n) is 11.0. The van der Waals surface area contributed by atoms with Gasteiger partial charge in [0.25, 0.3) is 0 Å². The summed E-state index contributed by atoms with van der Waals surface area (Å²) in [7, 11) is 0. The molecule has 34 heavy (non-hydrogen) atoms. The molecule has 0 spiro atoms. The Morgan fingerprint density at radius 3 is 1.91 bits per heavy atom. The van der Waals surface area contributed by atoms with Crippen molar-refractivity contribution < 1.29 is 0 Å². The lowest BCUT2D eigenvalue weighted by atomic mass is 10.2. The summed E-state index contributed by atoms with van der Waals surface area (Å²) in [5.74, 6) is 3.17. The Balaban J connectivity index is 1.14. The summed E-state index contributed by atoms with van der Waals surface area (Å²) in [4.78, 5) is 33.4. The van der Waals surface area contributed by atoms with Crippen LogP contribution in [0.15, 0.2) is 79.4 Å². The molecule has 0 amide bonds. The van der Waals surface area contributed by atoms with Crippen LogP contribution in [0.5, 0.6) is 0 Å². The largest absolute Gasteiger partial charge is 0.342 e. The third-order valence-corrected chi connectivity index (χ3v) is 5.50. The lowest BCUT2D eigenvalue weighted by Gasteiger charge is -1.98. The van der Waals surface area contributed by atoms with E-state index in [2.05, 4.69) is 41.0 Å². The van der Waals surface area contributed by atoms with Gasteiger partial charge in [0, 0.05) is 42.3 Å². The highest BCUT2D eigenvalue weighted by Crippen LogP contribution is 2.22. The second-order valence-electron chi connectivity index (χ2n) is 7.86. The predicted molar refractivity (Wildman–Crippen MR) is 132 cm³/mol. The van der Waals surface area contributed by atoms with Gasteiger partial charge >= 0.3 is 0 Å². The number of benzene rings is 2. The zero-order valence-corrected chi connectivity index (χ0v) is 18.2. The number of hydrogen-bond donors (Lipinski definition) is 2. The first kappa shape index (κ1) is 19.9. The van der Waals surface area contributed by atoms with Gasteiger partial charge in [-0.25, -0.2) is 29.9 Å². The fourth-order valence-corrected chi connectivity index (χ4v) is 3.88. The van der Waals surface area contributed by atoms with Crippen LogP contribution in [0.25, 0.3) is 50.9 Å². The minimum Gasteiger partial charge on any atom is -0.342 e. The van der Waals surface area contributed by atoms with E-state index < -0.39 is 0 Å². The van der Waals surface area contributed by atoms with Crippen molar-refractivity contribution in [1.29, 1.82) is 0 Å². The molecule has 6 rings (SSSR count). The molecule has 164 valence electrons. The maximum atomic E-state index is 4.70. The van der Waals surface area contributed by atoms with E-state index in [-0.39, 0.29) is 0 Å². The van der Waals surface area contributed by atoms with E-state index in [1.165, 1.54) is 0 Å². The summed E-state index contributed by atoms with van der Waals surface area (Å²) in [6.45, 7) is 0. The van der Waals surface area contributed by atoms with Crippen LogP contribution >= 0.6 is 0 Å².